The van der Waals surface area contributed by atoms with Crippen molar-refractivity contribution >= 4 is 17.4 Å². The maximum atomic E-state index is 11.6. The van der Waals surface area contributed by atoms with Gasteiger partial charge in [-0.25, -0.2) is 4.79 Å². The molecule has 104 valence electrons. The molecule has 1 unspecified atom stereocenters. The molecule has 1 fully saturated rings. The lowest BCUT2D eigenvalue weighted by Gasteiger charge is -2.18. The Morgan fingerprint density at radius 1 is 1.47 bits per heavy atom. The lowest BCUT2D eigenvalue weighted by molar-refractivity contribution is 0.252. The van der Waals surface area contributed by atoms with Gasteiger partial charge in [0.05, 0.1) is 0 Å². The van der Waals surface area contributed by atoms with Crippen molar-refractivity contribution in [2.75, 3.05) is 23.3 Å². The summed E-state index contributed by atoms with van der Waals surface area (Å²) in [5, 5.41) is 6.32. The molecule has 0 spiro atoms. The second-order valence-corrected chi connectivity index (χ2v) is 5.12. The predicted molar refractivity (Wildman–Crippen MR) is 79.8 cm³/mol. The van der Waals surface area contributed by atoms with Gasteiger partial charge in [0.1, 0.15) is 0 Å². The number of carbonyl (C=O) groups is 1. The molecule has 1 aromatic carbocycles. The Labute approximate surface area is 115 Å². The highest BCUT2D eigenvalue weighted by Gasteiger charge is 2.21. The Bertz CT molecular complexity index is 433. The molecular formula is C15H23N3O. The quantitative estimate of drug-likeness (QED) is 0.826. The van der Waals surface area contributed by atoms with Gasteiger partial charge < -0.3 is 10.6 Å². The smallest absolute Gasteiger partial charge is 0.321 e. The second-order valence-electron chi connectivity index (χ2n) is 5.12. The van der Waals surface area contributed by atoms with E-state index in [9.17, 15) is 4.79 Å². The minimum Gasteiger partial charge on any atom is -0.383 e. The highest BCUT2D eigenvalue weighted by Crippen LogP contribution is 2.22. The van der Waals surface area contributed by atoms with Crippen LogP contribution in [-0.4, -0.2) is 25.2 Å². The van der Waals surface area contributed by atoms with E-state index in [2.05, 4.69) is 30.5 Å². The Hall–Kier alpha value is -1.71. The number of hydrogen-bond acceptors (Lipinski definition) is 2. The van der Waals surface area contributed by atoms with E-state index in [0.717, 1.165) is 24.5 Å². The molecule has 1 heterocycles. The molecule has 1 aromatic rings. The van der Waals surface area contributed by atoms with Gasteiger partial charge in [-0.3, -0.25) is 4.90 Å². The number of benzene rings is 1. The molecule has 1 aliphatic rings. The highest BCUT2D eigenvalue weighted by molar-refractivity contribution is 5.94. The largest absolute Gasteiger partial charge is 0.383 e. The monoisotopic (exact) mass is 261 g/mol. The van der Waals surface area contributed by atoms with Crippen molar-refractivity contribution in [3.05, 3.63) is 24.3 Å². The summed E-state index contributed by atoms with van der Waals surface area (Å²) in [6.45, 7) is 5.88. The first-order valence-corrected chi connectivity index (χ1v) is 7.12. The predicted octanol–water partition coefficient (Wildman–Crippen LogP) is 3.21. The van der Waals surface area contributed by atoms with Crippen LogP contribution in [0.2, 0.25) is 0 Å². The maximum absolute atomic E-state index is 11.6. The highest BCUT2D eigenvalue weighted by atomic mass is 16.2. The first-order chi connectivity index (χ1) is 9.20. The molecule has 2 N–H and O–H groups in total. The van der Waals surface area contributed by atoms with E-state index in [-0.39, 0.29) is 6.03 Å². The van der Waals surface area contributed by atoms with E-state index >= 15 is 0 Å². The minimum absolute atomic E-state index is 0.00354. The third kappa shape index (κ3) is 3.63. The fourth-order valence-corrected chi connectivity index (χ4v) is 2.35. The third-order valence-corrected chi connectivity index (χ3v) is 3.42. The van der Waals surface area contributed by atoms with Gasteiger partial charge in [0.2, 0.25) is 0 Å². The Balaban J connectivity index is 2.00. The van der Waals surface area contributed by atoms with Crippen molar-refractivity contribution in [3.8, 4) is 0 Å². The van der Waals surface area contributed by atoms with Crippen LogP contribution < -0.4 is 15.5 Å². The van der Waals surface area contributed by atoms with Crippen molar-refractivity contribution in [1.29, 1.82) is 0 Å². The molecule has 2 rings (SSSR count). The summed E-state index contributed by atoms with van der Waals surface area (Å²) >= 11 is 0. The lowest BCUT2D eigenvalue weighted by Crippen LogP contribution is -2.27. The van der Waals surface area contributed by atoms with Crippen LogP contribution in [0, 0.1) is 0 Å². The van der Waals surface area contributed by atoms with Crippen LogP contribution in [0.15, 0.2) is 24.3 Å². The molecule has 19 heavy (non-hydrogen) atoms. The van der Waals surface area contributed by atoms with Gasteiger partial charge in [-0.05, 0) is 31.5 Å². The zero-order valence-electron chi connectivity index (χ0n) is 11.8. The van der Waals surface area contributed by atoms with Gasteiger partial charge in [-0.1, -0.05) is 25.8 Å². The van der Waals surface area contributed by atoms with Crippen LogP contribution in [-0.2, 0) is 0 Å². The van der Waals surface area contributed by atoms with Crippen LogP contribution in [0.25, 0.3) is 0 Å². The summed E-state index contributed by atoms with van der Waals surface area (Å²) in [5.74, 6) is 0. The van der Waals surface area contributed by atoms with Crippen LogP contribution in [0.3, 0.4) is 0 Å². The van der Waals surface area contributed by atoms with Gasteiger partial charge in [0.15, 0.2) is 0 Å². The summed E-state index contributed by atoms with van der Waals surface area (Å²) < 4.78 is 0. The second kappa shape index (κ2) is 6.45. The molecule has 4 nitrogen and oxygen atoms in total. The summed E-state index contributed by atoms with van der Waals surface area (Å²) in [5.41, 5.74) is 2.04. The summed E-state index contributed by atoms with van der Waals surface area (Å²) in [6.07, 6.45) is 3.63. The molecule has 1 aliphatic heterocycles. The van der Waals surface area contributed by atoms with E-state index < -0.39 is 0 Å². The van der Waals surface area contributed by atoms with Crippen molar-refractivity contribution in [1.82, 2.24) is 5.32 Å². The van der Waals surface area contributed by atoms with E-state index in [4.69, 9.17) is 0 Å². The molecule has 1 saturated heterocycles. The molecule has 1 atom stereocenters. The van der Waals surface area contributed by atoms with Crippen LogP contribution in [0.5, 0.6) is 0 Å². The summed E-state index contributed by atoms with van der Waals surface area (Å²) in [4.78, 5) is 13.4. The van der Waals surface area contributed by atoms with Crippen molar-refractivity contribution in [2.45, 2.75) is 39.2 Å². The molecule has 0 aliphatic carbocycles. The van der Waals surface area contributed by atoms with Gasteiger partial charge in [0, 0.05) is 30.5 Å². The van der Waals surface area contributed by atoms with Gasteiger partial charge in [-0.15, -0.1) is 0 Å². The first kappa shape index (κ1) is 13.7. The van der Waals surface area contributed by atoms with Gasteiger partial charge in [-0.2, -0.15) is 0 Å². The Kier molecular flexibility index (Phi) is 4.66. The van der Waals surface area contributed by atoms with Crippen LogP contribution >= 0.6 is 0 Å². The average Bonchev–Trinajstić information content (AvgIpc) is 2.83. The first-order valence-electron chi connectivity index (χ1n) is 7.12. The lowest BCUT2D eigenvalue weighted by atomic mass is 10.1. The summed E-state index contributed by atoms with van der Waals surface area (Å²) in [6, 6.07) is 8.54. The number of nitrogens with one attached hydrogen (secondary N) is 2. The fourth-order valence-electron chi connectivity index (χ4n) is 2.35. The number of carbonyl (C=O) groups excluding carboxylic acids is 1. The van der Waals surface area contributed by atoms with Crippen molar-refractivity contribution in [2.24, 2.45) is 0 Å². The van der Waals surface area contributed by atoms with Crippen LogP contribution in [0.4, 0.5) is 16.2 Å². The van der Waals surface area contributed by atoms with E-state index in [1.165, 1.54) is 19.3 Å². The maximum Gasteiger partial charge on any atom is 0.321 e. The fraction of sp³-hybridized carbons (Fsp3) is 0.533. The zero-order valence-corrected chi connectivity index (χ0v) is 11.8. The zero-order chi connectivity index (χ0) is 13.7. The number of unbranched alkanes of at least 4 members (excludes halogenated alkanes) is 1. The average molecular weight is 261 g/mol. The van der Waals surface area contributed by atoms with Gasteiger partial charge >= 0.3 is 6.03 Å². The molecule has 0 aromatic heterocycles. The number of anilines is 2. The molecule has 4 heteroatoms. The molecule has 0 radical (unpaired) electrons. The molecule has 0 saturated carbocycles. The normalized spacial score (nSPS) is 16.3. The molecule has 0 bridgehead atoms. The standard InChI is InChI=1S/C15H23N3O/c1-3-4-6-12(2)17-13-7-5-8-14(11-13)18-10-9-16-15(18)19/h5,7-8,11-12,17H,3-4,6,9-10H2,1-2H3,(H,16,19). The van der Waals surface area contributed by atoms with Crippen molar-refractivity contribution < 1.29 is 4.79 Å². The third-order valence-electron chi connectivity index (χ3n) is 3.42. The SMILES string of the molecule is CCCCC(C)Nc1cccc(N2CCNC2=O)c1. The number of hydrogen-bond donors (Lipinski definition) is 2. The molecule has 2 amide bonds. The minimum atomic E-state index is -0.00354. The summed E-state index contributed by atoms with van der Waals surface area (Å²) in [7, 11) is 0. The van der Waals surface area contributed by atoms with Crippen molar-refractivity contribution in [3.63, 3.8) is 0 Å². The van der Waals surface area contributed by atoms with Gasteiger partial charge in [0.25, 0.3) is 0 Å². The van der Waals surface area contributed by atoms with E-state index in [1.54, 1.807) is 4.90 Å². The Morgan fingerprint density at radius 2 is 2.32 bits per heavy atom. The van der Waals surface area contributed by atoms with Crippen LogP contribution in [0.1, 0.15) is 33.1 Å². The van der Waals surface area contributed by atoms with E-state index in [1.807, 2.05) is 18.2 Å². The number of rotatable bonds is 6. The van der Waals surface area contributed by atoms with E-state index in [0.29, 0.717) is 6.04 Å². The topological polar surface area (TPSA) is 44.4 Å². The number of amides is 2. The Morgan fingerprint density at radius 3 is 3.00 bits per heavy atom. The number of urea groups is 1. The molecular weight excluding hydrogens is 238 g/mol. The number of nitrogens with zero attached hydrogens (tertiary/aromatic N) is 1.